The SMILES string of the molecule is CCCCCCCC/C=C\CCCCCCCCCCCC(=O)OCCCCCCCCCC/C=C\CCCCCCCCCC(=O)NC(CO)C(O)/C=C/CCCCCCCCCCCC. The highest BCUT2D eigenvalue weighted by Gasteiger charge is 2.18. The van der Waals surface area contributed by atoms with Gasteiger partial charge < -0.3 is 20.3 Å². The zero-order valence-electron chi connectivity index (χ0n) is 44.9. The predicted octanol–water partition coefficient (Wildman–Crippen LogP) is 18.4. The molecule has 0 aromatic carbocycles. The highest BCUT2D eigenvalue weighted by Crippen LogP contribution is 2.16. The Morgan fingerprint density at radius 2 is 0.701 bits per heavy atom. The molecule has 3 N–H and O–H groups in total. The van der Waals surface area contributed by atoms with Crippen molar-refractivity contribution >= 4 is 11.9 Å². The van der Waals surface area contributed by atoms with Gasteiger partial charge in [0, 0.05) is 12.8 Å². The lowest BCUT2D eigenvalue weighted by atomic mass is 10.0. The standard InChI is InChI=1S/C61H115NO5/c1-3-5-7-9-11-13-15-17-18-19-21-25-28-31-35-39-43-47-51-55-61(66)67-56-52-48-44-40-36-32-29-26-23-20-22-24-27-30-34-38-42-46-50-54-60(65)62-58(57-63)59(64)53-49-45-41-37-33-16-14-12-10-8-6-4-2/h17-18,20,22,49,53,58-59,63-64H,3-16,19,21,23-48,50-52,54-57H2,1-2H3,(H,62,65)/b18-17-,22-20-,53-49+. The van der Waals surface area contributed by atoms with Gasteiger partial charge in [0.1, 0.15) is 0 Å². The number of carbonyl (C=O) groups excluding carboxylic acids is 2. The first-order chi connectivity index (χ1) is 33.0. The number of hydrogen-bond donors (Lipinski definition) is 3. The first kappa shape index (κ1) is 65.1. The average Bonchev–Trinajstić information content (AvgIpc) is 3.33. The van der Waals surface area contributed by atoms with Crippen LogP contribution in [-0.2, 0) is 14.3 Å². The van der Waals surface area contributed by atoms with Crippen molar-refractivity contribution < 1.29 is 24.5 Å². The summed E-state index contributed by atoms with van der Waals surface area (Å²) in [6, 6.07) is -0.634. The van der Waals surface area contributed by atoms with E-state index < -0.39 is 12.1 Å². The van der Waals surface area contributed by atoms with Gasteiger partial charge in [0.25, 0.3) is 0 Å². The largest absolute Gasteiger partial charge is 0.466 e. The first-order valence-electron chi connectivity index (χ1n) is 29.8. The van der Waals surface area contributed by atoms with Crippen molar-refractivity contribution in [1.82, 2.24) is 5.32 Å². The third-order valence-electron chi connectivity index (χ3n) is 13.6. The maximum atomic E-state index is 12.4. The maximum absolute atomic E-state index is 12.4. The van der Waals surface area contributed by atoms with Crippen LogP contribution >= 0.6 is 0 Å². The lowest BCUT2D eigenvalue weighted by Gasteiger charge is -2.20. The molecule has 0 heterocycles. The number of hydrogen-bond acceptors (Lipinski definition) is 5. The molecule has 0 aromatic rings. The fourth-order valence-corrected chi connectivity index (χ4v) is 9.03. The van der Waals surface area contributed by atoms with Gasteiger partial charge in [-0.25, -0.2) is 0 Å². The van der Waals surface area contributed by atoms with Crippen molar-refractivity contribution in [2.75, 3.05) is 13.2 Å². The van der Waals surface area contributed by atoms with Gasteiger partial charge in [0.15, 0.2) is 0 Å². The molecule has 0 rings (SSSR count). The summed E-state index contributed by atoms with van der Waals surface area (Å²) >= 11 is 0. The molecule has 6 heteroatoms. The van der Waals surface area contributed by atoms with Crippen molar-refractivity contribution in [3.8, 4) is 0 Å². The van der Waals surface area contributed by atoms with E-state index in [4.69, 9.17) is 4.74 Å². The van der Waals surface area contributed by atoms with Gasteiger partial charge in [-0.1, -0.05) is 256 Å². The Labute approximate surface area is 417 Å². The first-order valence-corrected chi connectivity index (χ1v) is 29.8. The van der Waals surface area contributed by atoms with E-state index in [1.807, 2.05) is 6.08 Å². The van der Waals surface area contributed by atoms with Gasteiger partial charge in [-0.15, -0.1) is 0 Å². The lowest BCUT2D eigenvalue weighted by Crippen LogP contribution is -2.45. The van der Waals surface area contributed by atoms with Crippen molar-refractivity contribution in [3.63, 3.8) is 0 Å². The normalized spacial score (nSPS) is 12.8. The number of carbonyl (C=O) groups is 2. The number of ether oxygens (including phenoxy) is 1. The Morgan fingerprint density at radius 3 is 1.06 bits per heavy atom. The maximum Gasteiger partial charge on any atom is 0.305 e. The average molecular weight is 943 g/mol. The van der Waals surface area contributed by atoms with Crippen LogP contribution in [0.3, 0.4) is 0 Å². The van der Waals surface area contributed by atoms with Crippen LogP contribution < -0.4 is 5.32 Å². The number of rotatable bonds is 55. The molecule has 0 radical (unpaired) electrons. The van der Waals surface area contributed by atoms with Gasteiger partial charge in [-0.2, -0.15) is 0 Å². The molecule has 0 saturated heterocycles. The van der Waals surface area contributed by atoms with E-state index in [1.165, 1.54) is 238 Å². The van der Waals surface area contributed by atoms with Crippen LogP contribution in [0, 0.1) is 0 Å². The molecule has 0 aliphatic heterocycles. The van der Waals surface area contributed by atoms with Crippen LogP contribution in [0.5, 0.6) is 0 Å². The summed E-state index contributed by atoms with van der Waals surface area (Å²) in [5.74, 6) is -0.0758. The van der Waals surface area contributed by atoms with E-state index in [0.29, 0.717) is 19.4 Å². The molecule has 2 unspecified atom stereocenters. The van der Waals surface area contributed by atoms with E-state index in [-0.39, 0.29) is 18.5 Å². The van der Waals surface area contributed by atoms with Crippen molar-refractivity contribution in [1.29, 1.82) is 0 Å². The predicted molar refractivity (Wildman–Crippen MR) is 292 cm³/mol. The molecule has 0 aliphatic rings. The van der Waals surface area contributed by atoms with E-state index in [9.17, 15) is 19.8 Å². The number of esters is 1. The fraction of sp³-hybridized carbons (Fsp3) is 0.869. The van der Waals surface area contributed by atoms with E-state index in [2.05, 4.69) is 43.5 Å². The molecule has 394 valence electrons. The molecular weight excluding hydrogens is 827 g/mol. The minimum atomic E-state index is -0.850. The van der Waals surface area contributed by atoms with Gasteiger partial charge in [0.05, 0.1) is 25.4 Å². The quantitative estimate of drug-likeness (QED) is 0.0321. The number of amides is 1. The van der Waals surface area contributed by atoms with Crippen LogP contribution in [0.1, 0.15) is 316 Å². The van der Waals surface area contributed by atoms with Gasteiger partial charge >= 0.3 is 5.97 Å². The lowest BCUT2D eigenvalue weighted by molar-refractivity contribution is -0.143. The second-order valence-corrected chi connectivity index (χ2v) is 20.3. The van der Waals surface area contributed by atoms with Crippen LogP contribution in [0.4, 0.5) is 0 Å². The van der Waals surface area contributed by atoms with Crippen molar-refractivity contribution in [2.45, 2.75) is 328 Å². The molecule has 0 aliphatic carbocycles. The number of nitrogens with one attached hydrogen (secondary N) is 1. The topological polar surface area (TPSA) is 95.9 Å². The van der Waals surface area contributed by atoms with Crippen LogP contribution in [0.15, 0.2) is 36.5 Å². The minimum absolute atomic E-state index is 0.00253. The third kappa shape index (κ3) is 53.3. The zero-order chi connectivity index (χ0) is 48.6. The third-order valence-corrected chi connectivity index (χ3v) is 13.6. The molecule has 0 fully saturated rings. The van der Waals surface area contributed by atoms with Crippen LogP contribution in [0.2, 0.25) is 0 Å². The summed E-state index contributed by atoms with van der Waals surface area (Å²) in [6.07, 6.45) is 70.3. The van der Waals surface area contributed by atoms with E-state index >= 15 is 0 Å². The van der Waals surface area contributed by atoms with Crippen LogP contribution in [0.25, 0.3) is 0 Å². The van der Waals surface area contributed by atoms with Gasteiger partial charge in [-0.05, 0) is 83.5 Å². The number of unbranched alkanes of at least 4 members (excludes halogenated alkanes) is 40. The highest BCUT2D eigenvalue weighted by molar-refractivity contribution is 5.76. The summed E-state index contributed by atoms with van der Waals surface area (Å²) in [4.78, 5) is 24.5. The van der Waals surface area contributed by atoms with Crippen molar-refractivity contribution in [2.24, 2.45) is 0 Å². The summed E-state index contributed by atoms with van der Waals surface area (Å²) in [7, 11) is 0. The highest BCUT2D eigenvalue weighted by atomic mass is 16.5. The molecule has 0 saturated carbocycles. The molecule has 0 aromatic heterocycles. The number of aliphatic hydroxyl groups is 2. The zero-order valence-corrected chi connectivity index (χ0v) is 44.9. The molecule has 6 nitrogen and oxygen atoms in total. The van der Waals surface area contributed by atoms with E-state index in [1.54, 1.807) is 6.08 Å². The summed E-state index contributed by atoms with van der Waals surface area (Å²) in [5.41, 5.74) is 0. The van der Waals surface area contributed by atoms with Gasteiger partial charge in [-0.3, -0.25) is 9.59 Å². The Balaban J connectivity index is 3.43. The molecule has 0 bridgehead atoms. The molecule has 1 amide bonds. The number of allylic oxidation sites excluding steroid dienone is 5. The fourth-order valence-electron chi connectivity index (χ4n) is 9.03. The van der Waals surface area contributed by atoms with Crippen molar-refractivity contribution in [3.05, 3.63) is 36.5 Å². The Hall–Kier alpha value is -1.92. The summed E-state index contributed by atoms with van der Waals surface area (Å²) < 4.78 is 5.49. The molecule has 0 spiro atoms. The smallest absolute Gasteiger partial charge is 0.305 e. The molecular formula is C61H115NO5. The second-order valence-electron chi connectivity index (χ2n) is 20.3. The molecule has 67 heavy (non-hydrogen) atoms. The molecule has 2 atom stereocenters. The Kier molecular flexibility index (Phi) is 55.0. The monoisotopic (exact) mass is 942 g/mol. The summed E-state index contributed by atoms with van der Waals surface area (Å²) in [6.45, 7) is 4.88. The number of aliphatic hydroxyl groups excluding tert-OH is 2. The second kappa shape index (κ2) is 56.7. The van der Waals surface area contributed by atoms with Gasteiger partial charge in [0.2, 0.25) is 5.91 Å². The minimum Gasteiger partial charge on any atom is -0.466 e. The van der Waals surface area contributed by atoms with Crippen LogP contribution in [-0.4, -0.2) is 47.4 Å². The van der Waals surface area contributed by atoms with E-state index in [0.717, 1.165) is 51.4 Å². The Morgan fingerprint density at radius 1 is 0.403 bits per heavy atom. The summed E-state index contributed by atoms with van der Waals surface area (Å²) in [5, 5.41) is 23.0. The Bertz CT molecular complexity index is 1090.